The Kier molecular flexibility index (Phi) is 6.73. The Labute approximate surface area is 138 Å². The first-order valence-corrected chi connectivity index (χ1v) is 9.38. The Hall–Kier alpha value is -0.120. The van der Waals surface area contributed by atoms with Crippen LogP contribution in [0, 0.1) is 11.8 Å². The van der Waals surface area contributed by atoms with E-state index in [-0.39, 0.29) is 0 Å². The summed E-state index contributed by atoms with van der Waals surface area (Å²) in [5.41, 5.74) is 0.344. The smallest absolute Gasteiger partial charge is 0.0502 e. The van der Waals surface area contributed by atoms with E-state index in [4.69, 9.17) is 4.74 Å². The molecular formula is C19H38N2O. The summed E-state index contributed by atoms with van der Waals surface area (Å²) < 4.78 is 5.37. The molecule has 0 spiro atoms. The Morgan fingerprint density at radius 2 is 1.73 bits per heavy atom. The molecule has 0 aromatic heterocycles. The van der Waals surface area contributed by atoms with Crippen molar-refractivity contribution < 1.29 is 4.74 Å². The maximum atomic E-state index is 5.37. The normalized spacial score (nSPS) is 28.0. The number of piperidine rings is 2. The van der Waals surface area contributed by atoms with Crippen LogP contribution in [0.5, 0.6) is 0 Å². The molecule has 2 rings (SSSR count). The molecule has 0 saturated carbocycles. The zero-order valence-corrected chi connectivity index (χ0v) is 15.6. The highest BCUT2D eigenvalue weighted by Gasteiger charge is 2.29. The van der Waals surface area contributed by atoms with Crippen LogP contribution in [0.4, 0.5) is 0 Å². The van der Waals surface area contributed by atoms with Crippen molar-refractivity contribution in [3.05, 3.63) is 0 Å². The van der Waals surface area contributed by atoms with Gasteiger partial charge in [0.15, 0.2) is 0 Å². The highest BCUT2D eigenvalue weighted by Crippen LogP contribution is 2.29. The van der Waals surface area contributed by atoms with Gasteiger partial charge in [0.1, 0.15) is 0 Å². The number of hydrogen-bond donors (Lipinski definition) is 0. The summed E-state index contributed by atoms with van der Waals surface area (Å²) in [5, 5.41) is 0. The molecule has 2 aliphatic rings. The van der Waals surface area contributed by atoms with Crippen molar-refractivity contribution in [2.75, 3.05) is 39.9 Å². The molecule has 3 nitrogen and oxygen atoms in total. The fraction of sp³-hybridized carbons (Fsp3) is 1.00. The summed E-state index contributed by atoms with van der Waals surface area (Å²) in [6.07, 6.45) is 6.85. The van der Waals surface area contributed by atoms with Crippen LogP contribution < -0.4 is 0 Å². The van der Waals surface area contributed by atoms with Crippen LogP contribution >= 0.6 is 0 Å². The number of rotatable bonds is 5. The minimum Gasteiger partial charge on any atom is -0.384 e. The molecule has 2 unspecified atom stereocenters. The standard InChI is InChI=1S/C19H38N2O/c1-16(20-10-6-7-18(14-20)15-22-5)13-17-8-11-21(12-9-17)19(2,3)4/h16-18H,6-15H2,1-5H3. The predicted molar refractivity (Wildman–Crippen MR) is 94.3 cm³/mol. The van der Waals surface area contributed by atoms with E-state index in [0.717, 1.165) is 24.5 Å². The average Bonchev–Trinajstić information content (AvgIpc) is 2.47. The molecule has 2 atom stereocenters. The number of nitrogens with zero attached hydrogens (tertiary/aromatic N) is 2. The number of methoxy groups -OCH3 is 1. The highest BCUT2D eigenvalue weighted by atomic mass is 16.5. The molecule has 0 aliphatic carbocycles. The van der Waals surface area contributed by atoms with Gasteiger partial charge in [-0.25, -0.2) is 0 Å². The van der Waals surface area contributed by atoms with Gasteiger partial charge in [0.25, 0.3) is 0 Å². The van der Waals surface area contributed by atoms with Crippen LogP contribution in [0.1, 0.15) is 59.8 Å². The second kappa shape index (κ2) is 8.12. The fourth-order valence-electron chi connectivity index (χ4n) is 4.34. The summed E-state index contributed by atoms with van der Waals surface area (Å²) in [7, 11) is 1.84. The van der Waals surface area contributed by atoms with Gasteiger partial charge < -0.3 is 9.64 Å². The van der Waals surface area contributed by atoms with Gasteiger partial charge in [0.05, 0.1) is 6.61 Å². The minimum atomic E-state index is 0.344. The van der Waals surface area contributed by atoms with Crippen LogP contribution in [0.3, 0.4) is 0 Å². The Balaban J connectivity index is 1.74. The van der Waals surface area contributed by atoms with Crippen LogP contribution in [-0.4, -0.2) is 61.3 Å². The summed E-state index contributed by atoms with van der Waals surface area (Å²) in [5.74, 6) is 1.68. The lowest BCUT2D eigenvalue weighted by atomic mass is 9.87. The van der Waals surface area contributed by atoms with E-state index in [9.17, 15) is 0 Å². The highest BCUT2D eigenvalue weighted by molar-refractivity contribution is 4.84. The van der Waals surface area contributed by atoms with E-state index >= 15 is 0 Å². The van der Waals surface area contributed by atoms with Gasteiger partial charge in [-0.05, 0) is 91.3 Å². The Morgan fingerprint density at radius 1 is 1.05 bits per heavy atom. The molecule has 3 heteroatoms. The maximum Gasteiger partial charge on any atom is 0.0502 e. The van der Waals surface area contributed by atoms with Crippen LogP contribution in [0.25, 0.3) is 0 Å². The molecule has 0 radical (unpaired) electrons. The maximum absolute atomic E-state index is 5.37. The zero-order chi connectivity index (χ0) is 16.2. The molecule has 0 N–H and O–H groups in total. The number of hydrogen-bond acceptors (Lipinski definition) is 3. The van der Waals surface area contributed by atoms with E-state index in [1.54, 1.807) is 0 Å². The van der Waals surface area contributed by atoms with Crippen molar-refractivity contribution >= 4 is 0 Å². The van der Waals surface area contributed by atoms with Gasteiger partial charge in [-0.15, -0.1) is 0 Å². The topological polar surface area (TPSA) is 15.7 Å². The van der Waals surface area contributed by atoms with Gasteiger partial charge in [-0.2, -0.15) is 0 Å². The average molecular weight is 311 g/mol. The van der Waals surface area contributed by atoms with Crippen molar-refractivity contribution in [1.29, 1.82) is 0 Å². The van der Waals surface area contributed by atoms with Crippen molar-refractivity contribution in [3.63, 3.8) is 0 Å². The van der Waals surface area contributed by atoms with Crippen LogP contribution in [-0.2, 0) is 4.74 Å². The lowest BCUT2D eigenvalue weighted by Gasteiger charge is -2.43. The summed E-state index contributed by atoms with van der Waals surface area (Å²) in [6.45, 7) is 15.5. The summed E-state index contributed by atoms with van der Waals surface area (Å²) in [4.78, 5) is 5.38. The lowest BCUT2D eigenvalue weighted by molar-refractivity contribution is 0.0501. The first-order chi connectivity index (χ1) is 10.4. The summed E-state index contributed by atoms with van der Waals surface area (Å²) in [6, 6.07) is 0.742. The lowest BCUT2D eigenvalue weighted by Crippen LogP contribution is -2.47. The van der Waals surface area contributed by atoms with Crippen molar-refractivity contribution in [2.45, 2.75) is 71.4 Å². The third-order valence-electron chi connectivity index (χ3n) is 5.81. The quantitative estimate of drug-likeness (QED) is 0.771. The largest absolute Gasteiger partial charge is 0.384 e. The third-order valence-corrected chi connectivity index (χ3v) is 5.81. The van der Waals surface area contributed by atoms with Crippen molar-refractivity contribution in [2.24, 2.45) is 11.8 Å². The first kappa shape index (κ1) is 18.2. The van der Waals surface area contributed by atoms with Gasteiger partial charge in [-0.3, -0.25) is 4.90 Å². The van der Waals surface area contributed by atoms with E-state index in [2.05, 4.69) is 37.5 Å². The third kappa shape index (κ3) is 5.21. The molecule has 0 amide bonds. The van der Waals surface area contributed by atoms with Crippen molar-refractivity contribution in [1.82, 2.24) is 9.80 Å². The van der Waals surface area contributed by atoms with Gasteiger partial charge in [0, 0.05) is 25.2 Å². The predicted octanol–water partition coefficient (Wildman–Crippen LogP) is 3.63. The van der Waals surface area contributed by atoms with Gasteiger partial charge in [0.2, 0.25) is 0 Å². The van der Waals surface area contributed by atoms with Crippen molar-refractivity contribution in [3.8, 4) is 0 Å². The van der Waals surface area contributed by atoms with Crippen LogP contribution in [0.2, 0.25) is 0 Å². The molecule has 2 saturated heterocycles. The van der Waals surface area contributed by atoms with Gasteiger partial charge >= 0.3 is 0 Å². The molecule has 0 aromatic rings. The minimum absolute atomic E-state index is 0.344. The van der Waals surface area contributed by atoms with Gasteiger partial charge in [-0.1, -0.05) is 0 Å². The molecule has 0 aromatic carbocycles. The van der Waals surface area contributed by atoms with E-state index in [0.29, 0.717) is 5.54 Å². The van der Waals surface area contributed by atoms with Crippen LogP contribution in [0.15, 0.2) is 0 Å². The van der Waals surface area contributed by atoms with E-state index in [1.165, 1.54) is 58.3 Å². The molecule has 2 aliphatic heterocycles. The van der Waals surface area contributed by atoms with E-state index < -0.39 is 0 Å². The molecular weight excluding hydrogens is 272 g/mol. The second-order valence-corrected chi connectivity index (χ2v) is 8.64. The number of likely N-dealkylation sites (tertiary alicyclic amines) is 2. The van der Waals surface area contributed by atoms with E-state index in [1.807, 2.05) is 7.11 Å². The molecule has 2 fully saturated rings. The molecule has 0 bridgehead atoms. The first-order valence-electron chi connectivity index (χ1n) is 9.38. The molecule has 130 valence electrons. The fourth-order valence-corrected chi connectivity index (χ4v) is 4.34. The molecule has 2 heterocycles. The zero-order valence-electron chi connectivity index (χ0n) is 15.6. The monoisotopic (exact) mass is 310 g/mol. The Bertz CT molecular complexity index is 316. The number of ether oxygens (including phenoxy) is 1. The SMILES string of the molecule is COCC1CCCN(C(C)CC2CCN(C(C)(C)C)CC2)C1. The summed E-state index contributed by atoms with van der Waals surface area (Å²) >= 11 is 0. The Morgan fingerprint density at radius 3 is 2.32 bits per heavy atom. The second-order valence-electron chi connectivity index (χ2n) is 8.64. The molecule has 22 heavy (non-hydrogen) atoms.